The Kier molecular flexibility index (Phi) is 8.51. The summed E-state index contributed by atoms with van der Waals surface area (Å²) >= 11 is 0. The number of hydrogen-bond donors (Lipinski definition) is 2. The summed E-state index contributed by atoms with van der Waals surface area (Å²) in [5.41, 5.74) is 2.80. The maximum atomic E-state index is 13.0. The van der Waals surface area contributed by atoms with Gasteiger partial charge < -0.3 is 10.6 Å². The molecule has 2 aromatic rings. The molecule has 0 saturated heterocycles. The number of amides is 1. The number of fused-ring (bicyclic) bond motifs is 1. The van der Waals surface area contributed by atoms with Crippen LogP contribution in [0.15, 0.2) is 35.6 Å². The highest BCUT2D eigenvalue weighted by Gasteiger charge is 2.25. The average molecular weight is 387 g/mol. The van der Waals surface area contributed by atoms with Gasteiger partial charge in [0.2, 0.25) is 5.91 Å². The van der Waals surface area contributed by atoms with Crippen LogP contribution >= 0.6 is 0 Å². The van der Waals surface area contributed by atoms with E-state index in [9.17, 15) is 9.59 Å². The van der Waals surface area contributed by atoms with E-state index >= 15 is 0 Å². The Bertz CT molecular complexity index is 850. The van der Waals surface area contributed by atoms with Crippen molar-refractivity contribution in [3.8, 4) is 0 Å². The van der Waals surface area contributed by atoms with Gasteiger partial charge in [-0.25, -0.2) is 4.79 Å². The molecule has 2 rings (SSSR count). The molecule has 6 heteroatoms. The van der Waals surface area contributed by atoms with Gasteiger partial charge in [-0.3, -0.25) is 13.9 Å². The third-order valence-electron chi connectivity index (χ3n) is 5.31. The number of rotatable bonds is 12. The molecule has 1 aromatic heterocycles. The number of carbonyl (C=O) groups is 1. The molecule has 0 aliphatic rings. The molecule has 0 spiro atoms. The van der Waals surface area contributed by atoms with Crippen LogP contribution in [0.1, 0.15) is 50.1 Å². The van der Waals surface area contributed by atoms with Crippen molar-refractivity contribution in [2.45, 2.75) is 51.0 Å². The number of aryl methyl sites for hydroxylation is 2. The minimum Gasteiger partial charge on any atom is -0.357 e. The summed E-state index contributed by atoms with van der Waals surface area (Å²) in [6.45, 7) is 4.80. The van der Waals surface area contributed by atoms with Crippen LogP contribution in [0.2, 0.25) is 0 Å². The zero-order valence-electron chi connectivity index (χ0n) is 17.5. The van der Waals surface area contributed by atoms with Crippen LogP contribution in [0.25, 0.3) is 11.0 Å². The summed E-state index contributed by atoms with van der Waals surface area (Å²) in [6, 6.07) is 5.49. The average Bonchev–Trinajstić information content (AvgIpc) is 2.96. The molecule has 154 valence electrons. The van der Waals surface area contributed by atoms with Crippen LogP contribution in [0.5, 0.6) is 0 Å². The van der Waals surface area contributed by atoms with Gasteiger partial charge in [0.05, 0.1) is 11.0 Å². The van der Waals surface area contributed by atoms with E-state index < -0.39 is 6.04 Å². The molecule has 0 aliphatic carbocycles. The van der Waals surface area contributed by atoms with Gasteiger partial charge in [-0.05, 0) is 57.3 Å². The fourth-order valence-electron chi connectivity index (χ4n) is 3.81. The molecule has 0 radical (unpaired) electrons. The predicted molar refractivity (Wildman–Crippen MR) is 116 cm³/mol. The van der Waals surface area contributed by atoms with E-state index in [4.69, 9.17) is 0 Å². The third-order valence-corrected chi connectivity index (χ3v) is 5.31. The summed E-state index contributed by atoms with van der Waals surface area (Å²) < 4.78 is 3.34. The first kappa shape index (κ1) is 22.0. The van der Waals surface area contributed by atoms with Crippen LogP contribution in [-0.2, 0) is 18.3 Å². The van der Waals surface area contributed by atoms with E-state index in [0.717, 1.165) is 30.4 Å². The van der Waals surface area contributed by atoms with Crippen LogP contribution in [0, 0.1) is 0 Å². The summed E-state index contributed by atoms with van der Waals surface area (Å²) in [6.07, 6.45) is 8.61. The van der Waals surface area contributed by atoms with E-state index in [-0.39, 0.29) is 11.6 Å². The van der Waals surface area contributed by atoms with Gasteiger partial charge in [0.25, 0.3) is 0 Å². The lowest BCUT2D eigenvalue weighted by molar-refractivity contribution is -0.124. The van der Waals surface area contributed by atoms with Crippen molar-refractivity contribution in [2.75, 3.05) is 20.6 Å². The lowest BCUT2D eigenvalue weighted by Crippen LogP contribution is -2.35. The Morgan fingerprint density at radius 3 is 2.64 bits per heavy atom. The summed E-state index contributed by atoms with van der Waals surface area (Å²) in [5, 5.41) is 5.88. The molecule has 1 amide bonds. The fourth-order valence-corrected chi connectivity index (χ4v) is 3.81. The van der Waals surface area contributed by atoms with Crippen molar-refractivity contribution >= 4 is 16.9 Å². The van der Waals surface area contributed by atoms with Crippen LogP contribution in [0.3, 0.4) is 0 Å². The molecule has 28 heavy (non-hydrogen) atoms. The summed E-state index contributed by atoms with van der Waals surface area (Å²) in [4.78, 5) is 25.5. The fraction of sp³-hybridized carbons (Fsp3) is 0.545. The topological polar surface area (TPSA) is 68.1 Å². The molecule has 0 saturated carbocycles. The molecule has 1 unspecified atom stereocenters. The minimum absolute atomic E-state index is 0.144. The lowest BCUT2D eigenvalue weighted by atomic mass is 10.0. The number of likely N-dealkylation sites (N-methyl/N-ethyl adjacent to an activating group) is 1. The molecular formula is C22H34N4O2. The largest absolute Gasteiger partial charge is 0.357 e. The highest BCUT2D eigenvalue weighted by atomic mass is 16.2. The Morgan fingerprint density at radius 1 is 1.21 bits per heavy atom. The number of carbonyl (C=O) groups excluding carboxylic acids is 1. The number of nitrogens with one attached hydrogen (secondary N) is 2. The van der Waals surface area contributed by atoms with Gasteiger partial charge in [-0.2, -0.15) is 0 Å². The Morgan fingerprint density at radius 2 is 1.96 bits per heavy atom. The van der Waals surface area contributed by atoms with Crippen molar-refractivity contribution in [3.05, 3.63) is 46.9 Å². The first-order valence-corrected chi connectivity index (χ1v) is 10.2. The second-order valence-electron chi connectivity index (χ2n) is 7.26. The number of allylic oxidation sites excluding steroid dienone is 1. The highest BCUT2D eigenvalue weighted by Crippen LogP contribution is 2.24. The molecule has 6 nitrogen and oxygen atoms in total. The first-order valence-electron chi connectivity index (χ1n) is 10.2. The Hall–Kier alpha value is -2.34. The normalized spacial score (nSPS) is 12.2. The van der Waals surface area contributed by atoms with Crippen molar-refractivity contribution in [1.82, 2.24) is 19.8 Å². The maximum Gasteiger partial charge on any atom is 0.329 e. The second kappa shape index (κ2) is 10.9. The number of imidazole rings is 1. The van der Waals surface area contributed by atoms with Gasteiger partial charge in [0, 0.05) is 14.1 Å². The molecule has 2 N–H and O–H groups in total. The van der Waals surface area contributed by atoms with Crippen LogP contribution in [-0.4, -0.2) is 35.7 Å². The lowest BCUT2D eigenvalue weighted by Gasteiger charge is -2.16. The van der Waals surface area contributed by atoms with E-state index in [1.54, 1.807) is 29.3 Å². The second-order valence-corrected chi connectivity index (χ2v) is 7.26. The number of aromatic nitrogens is 2. The molecule has 0 aliphatic heterocycles. The zero-order valence-corrected chi connectivity index (χ0v) is 17.5. The van der Waals surface area contributed by atoms with E-state index in [2.05, 4.69) is 23.3 Å². The number of hydrogen-bond acceptors (Lipinski definition) is 3. The minimum atomic E-state index is -0.531. The van der Waals surface area contributed by atoms with E-state index in [0.29, 0.717) is 12.8 Å². The molecule has 1 atom stereocenters. The van der Waals surface area contributed by atoms with Gasteiger partial charge in [-0.15, -0.1) is 6.58 Å². The zero-order chi connectivity index (χ0) is 20.5. The number of nitrogens with zero attached hydrogens (tertiary/aromatic N) is 2. The van der Waals surface area contributed by atoms with Crippen molar-refractivity contribution in [3.63, 3.8) is 0 Å². The smallest absolute Gasteiger partial charge is 0.329 e. The Labute approximate surface area is 167 Å². The van der Waals surface area contributed by atoms with Gasteiger partial charge in [0.1, 0.15) is 6.04 Å². The third kappa shape index (κ3) is 4.93. The standard InChI is InChI=1S/C22H34N4O2/c1-5-6-14-19(21(27)24-3)26-18-15-11-13-17(20(18)25(4)22(26)28)12-9-7-8-10-16-23-2/h5,11,13,15,19,23H,1,6-10,12,14,16H2,2-4H3,(H,24,27). The van der Waals surface area contributed by atoms with Gasteiger partial charge in [-0.1, -0.05) is 31.1 Å². The molecule has 1 heterocycles. The van der Waals surface area contributed by atoms with E-state index in [1.807, 2.05) is 19.2 Å². The first-order chi connectivity index (χ1) is 13.6. The van der Waals surface area contributed by atoms with Crippen molar-refractivity contribution in [1.29, 1.82) is 0 Å². The number of benzene rings is 1. The predicted octanol–water partition coefficient (Wildman–Crippen LogP) is 2.92. The molecule has 0 fully saturated rings. The summed E-state index contributed by atoms with van der Waals surface area (Å²) in [5.74, 6) is -0.147. The van der Waals surface area contributed by atoms with Crippen LogP contribution in [0.4, 0.5) is 0 Å². The van der Waals surface area contributed by atoms with Crippen molar-refractivity contribution < 1.29 is 4.79 Å². The highest BCUT2D eigenvalue weighted by molar-refractivity contribution is 5.85. The van der Waals surface area contributed by atoms with E-state index in [1.165, 1.54) is 24.8 Å². The Balaban J connectivity index is 2.34. The molecule has 1 aromatic carbocycles. The maximum absolute atomic E-state index is 13.0. The number of para-hydroxylation sites is 1. The van der Waals surface area contributed by atoms with Crippen molar-refractivity contribution in [2.24, 2.45) is 7.05 Å². The monoisotopic (exact) mass is 386 g/mol. The molecular weight excluding hydrogens is 352 g/mol. The van der Waals surface area contributed by atoms with Gasteiger partial charge in [0.15, 0.2) is 0 Å². The quantitative estimate of drug-likeness (QED) is 0.435. The SMILES string of the molecule is C=CCCC(C(=O)NC)n1c(=O)n(C)c2c(CCCCCCNC)cccc21. The van der Waals surface area contributed by atoms with Crippen LogP contribution < -0.4 is 16.3 Å². The number of unbranched alkanes of at least 4 members (excludes halogenated alkanes) is 3. The summed E-state index contributed by atoms with van der Waals surface area (Å²) in [7, 11) is 5.39. The molecule has 0 bridgehead atoms. The van der Waals surface area contributed by atoms with Gasteiger partial charge >= 0.3 is 5.69 Å².